The molecule has 2 aliphatic rings. The van der Waals surface area contributed by atoms with E-state index in [-0.39, 0.29) is 0 Å². The maximum Gasteiger partial charge on any atom is 0.0309 e. The first kappa shape index (κ1) is 13.4. The molecule has 0 aromatic rings. The fraction of sp³-hybridized carbons (Fsp3) is 1.00. The van der Waals surface area contributed by atoms with Gasteiger partial charge >= 0.3 is 0 Å². The van der Waals surface area contributed by atoms with Gasteiger partial charge in [-0.05, 0) is 25.7 Å². The normalized spacial score (nSPS) is 27.2. The fourth-order valence-electron chi connectivity index (χ4n) is 3.84. The van der Waals surface area contributed by atoms with Crippen molar-refractivity contribution in [1.82, 2.24) is 10.2 Å². The van der Waals surface area contributed by atoms with E-state index in [1.165, 1.54) is 71.0 Å². The summed E-state index contributed by atoms with van der Waals surface area (Å²) in [4.78, 5) is 2.78. The quantitative estimate of drug-likeness (QED) is 0.809. The van der Waals surface area contributed by atoms with Crippen molar-refractivity contribution in [3.63, 3.8) is 0 Å². The van der Waals surface area contributed by atoms with Gasteiger partial charge in [-0.1, -0.05) is 39.5 Å². The molecule has 2 fully saturated rings. The molecule has 0 amide bonds. The molecular weight excluding hydrogens is 208 g/mol. The molecule has 1 aliphatic heterocycles. The summed E-state index contributed by atoms with van der Waals surface area (Å²) in [7, 11) is 0. The second kappa shape index (κ2) is 6.19. The highest BCUT2D eigenvalue weighted by molar-refractivity contribution is 4.97. The van der Waals surface area contributed by atoms with Crippen LogP contribution in [-0.2, 0) is 0 Å². The average molecular weight is 238 g/mol. The first-order valence-electron chi connectivity index (χ1n) is 7.79. The van der Waals surface area contributed by atoms with E-state index in [0.717, 1.165) is 6.04 Å². The molecular formula is C15H30N2. The molecule has 1 heterocycles. The van der Waals surface area contributed by atoms with Gasteiger partial charge in [0.25, 0.3) is 0 Å². The first-order valence-corrected chi connectivity index (χ1v) is 7.79. The van der Waals surface area contributed by atoms with Crippen LogP contribution in [0.5, 0.6) is 0 Å². The second-order valence-electron chi connectivity index (χ2n) is 6.09. The molecule has 100 valence electrons. The minimum absolute atomic E-state index is 0.484. The van der Waals surface area contributed by atoms with E-state index in [4.69, 9.17) is 0 Å². The lowest BCUT2D eigenvalue weighted by molar-refractivity contribution is 0.0628. The molecule has 0 radical (unpaired) electrons. The lowest BCUT2D eigenvalue weighted by Gasteiger charge is -2.48. The van der Waals surface area contributed by atoms with Crippen LogP contribution in [0.3, 0.4) is 0 Å². The van der Waals surface area contributed by atoms with Gasteiger partial charge < -0.3 is 5.32 Å². The number of rotatable bonds is 4. The SMILES string of the molecule is CCCC(CC)N1CCNC2(CCCCC2)C1. The molecule has 1 N–H and O–H groups in total. The minimum Gasteiger partial charge on any atom is -0.309 e. The minimum atomic E-state index is 0.484. The Labute approximate surface area is 107 Å². The molecule has 1 atom stereocenters. The van der Waals surface area contributed by atoms with Crippen LogP contribution in [0.1, 0.15) is 65.2 Å². The smallest absolute Gasteiger partial charge is 0.0309 e. The van der Waals surface area contributed by atoms with E-state index in [0.29, 0.717) is 5.54 Å². The van der Waals surface area contributed by atoms with E-state index in [9.17, 15) is 0 Å². The highest BCUT2D eigenvalue weighted by Crippen LogP contribution is 2.31. The molecule has 2 rings (SSSR count). The van der Waals surface area contributed by atoms with Gasteiger partial charge in [0.1, 0.15) is 0 Å². The van der Waals surface area contributed by atoms with Crippen LogP contribution in [-0.4, -0.2) is 36.1 Å². The standard InChI is InChI=1S/C15H30N2/c1-3-8-14(4-2)17-12-11-16-15(13-17)9-6-5-7-10-15/h14,16H,3-13H2,1-2H3. The summed E-state index contributed by atoms with van der Waals surface area (Å²) in [5, 5.41) is 3.84. The first-order chi connectivity index (χ1) is 8.29. The van der Waals surface area contributed by atoms with Crippen molar-refractivity contribution in [3.05, 3.63) is 0 Å². The predicted octanol–water partition coefficient (Wildman–Crippen LogP) is 3.17. The monoisotopic (exact) mass is 238 g/mol. The molecule has 0 bridgehead atoms. The third-order valence-electron chi connectivity index (χ3n) is 4.82. The van der Waals surface area contributed by atoms with E-state index in [1.807, 2.05) is 0 Å². The molecule has 1 saturated carbocycles. The van der Waals surface area contributed by atoms with Crippen LogP contribution in [0.25, 0.3) is 0 Å². The van der Waals surface area contributed by atoms with Crippen molar-refractivity contribution in [2.45, 2.75) is 76.8 Å². The summed E-state index contributed by atoms with van der Waals surface area (Å²) >= 11 is 0. The highest BCUT2D eigenvalue weighted by atomic mass is 15.2. The number of hydrogen-bond donors (Lipinski definition) is 1. The van der Waals surface area contributed by atoms with Gasteiger partial charge in [-0.25, -0.2) is 0 Å². The topological polar surface area (TPSA) is 15.3 Å². The van der Waals surface area contributed by atoms with Crippen molar-refractivity contribution in [2.24, 2.45) is 0 Å². The summed E-state index contributed by atoms with van der Waals surface area (Å²) < 4.78 is 0. The van der Waals surface area contributed by atoms with E-state index >= 15 is 0 Å². The fourth-order valence-corrected chi connectivity index (χ4v) is 3.84. The van der Waals surface area contributed by atoms with Gasteiger partial charge in [0.2, 0.25) is 0 Å². The zero-order valence-electron chi connectivity index (χ0n) is 11.8. The van der Waals surface area contributed by atoms with Gasteiger partial charge in [-0.15, -0.1) is 0 Å². The van der Waals surface area contributed by atoms with Crippen LogP contribution in [0.15, 0.2) is 0 Å². The number of piperazine rings is 1. The Morgan fingerprint density at radius 2 is 1.94 bits per heavy atom. The lowest BCUT2D eigenvalue weighted by atomic mass is 9.79. The zero-order chi connectivity index (χ0) is 12.1. The van der Waals surface area contributed by atoms with E-state index in [1.54, 1.807) is 0 Å². The van der Waals surface area contributed by atoms with E-state index in [2.05, 4.69) is 24.1 Å². The number of hydrogen-bond acceptors (Lipinski definition) is 2. The number of nitrogens with one attached hydrogen (secondary N) is 1. The third-order valence-corrected chi connectivity index (χ3v) is 4.82. The molecule has 1 aliphatic carbocycles. The van der Waals surface area contributed by atoms with Crippen molar-refractivity contribution in [3.8, 4) is 0 Å². The van der Waals surface area contributed by atoms with Gasteiger partial charge in [0.05, 0.1) is 0 Å². The molecule has 1 spiro atoms. The molecule has 0 aromatic carbocycles. The Hall–Kier alpha value is -0.0800. The van der Waals surface area contributed by atoms with Crippen LogP contribution < -0.4 is 5.32 Å². The van der Waals surface area contributed by atoms with Gasteiger partial charge in [-0.3, -0.25) is 4.90 Å². The van der Waals surface area contributed by atoms with Crippen LogP contribution in [0, 0.1) is 0 Å². The Balaban J connectivity index is 1.95. The van der Waals surface area contributed by atoms with Crippen molar-refractivity contribution in [2.75, 3.05) is 19.6 Å². The predicted molar refractivity (Wildman–Crippen MR) is 74.4 cm³/mol. The van der Waals surface area contributed by atoms with Gasteiger partial charge in [-0.2, -0.15) is 0 Å². The summed E-state index contributed by atoms with van der Waals surface area (Å²) in [6.45, 7) is 8.46. The Bertz CT molecular complexity index is 215. The number of nitrogens with zero attached hydrogens (tertiary/aromatic N) is 1. The summed E-state index contributed by atoms with van der Waals surface area (Å²) in [5.41, 5.74) is 0.484. The Kier molecular flexibility index (Phi) is 4.87. The summed E-state index contributed by atoms with van der Waals surface area (Å²) in [6.07, 6.45) is 11.2. The molecule has 2 nitrogen and oxygen atoms in total. The largest absolute Gasteiger partial charge is 0.309 e. The zero-order valence-corrected chi connectivity index (χ0v) is 11.8. The van der Waals surface area contributed by atoms with Crippen molar-refractivity contribution < 1.29 is 0 Å². The molecule has 1 unspecified atom stereocenters. The second-order valence-corrected chi connectivity index (χ2v) is 6.09. The van der Waals surface area contributed by atoms with Crippen molar-refractivity contribution in [1.29, 1.82) is 0 Å². The summed E-state index contributed by atoms with van der Waals surface area (Å²) in [6, 6.07) is 0.834. The van der Waals surface area contributed by atoms with Crippen LogP contribution >= 0.6 is 0 Å². The molecule has 17 heavy (non-hydrogen) atoms. The molecule has 2 heteroatoms. The lowest BCUT2D eigenvalue weighted by Crippen LogP contribution is -2.62. The highest BCUT2D eigenvalue weighted by Gasteiger charge is 2.37. The van der Waals surface area contributed by atoms with Gasteiger partial charge in [0.15, 0.2) is 0 Å². The summed E-state index contributed by atoms with van der Waals surface area (Å²) in [5.74, 6) is 0. The maximum absolute atomic E-state index is 3.84. The van der Waals surface area contributed by atoms with E-state index < -0.39 is 0 Å². The van der Waals surface area contributed by atoms with Crippen LogP contribution in [0.4, 0.5) is 0 Å². The molecule has 0 aromatic heterocycles. The average Bonchev–Trinajstić information content (AvgIpc) is 2.37. The maximum atomic E-state index is 3.84. The Morgan fingerprint density at radius 3 is 2.59 bits per heavy atom. The van der Waals surface area contributed by atoms with Crippen molar-refractivity contribution >= 4 is 0 Å². The third kappa shape index (κ3) is 3.23. The van der Waals surface area contributed by atoms with Crippen LogP contribution in [0.2, 0.25) is 0 Å². The molecule has 1 saturated heterocycles. The van der Waals surface area contributed by atoms with Gasteiger partial charge in [0, 0.05) is 31.2 Å². The Morgan fingerprint density at radius 1 is 1.18 bits per heavy atom.